The predicted octanol–water partition coefficient (Wildman–Crippen LogP) is 35.0. The van der Waals surface area contributed by atoms with Crippen molar-refractivity contribution < 1.29 is 8.80 Å². The third-order valence-corrected chi connectivity index (χ3v) is 30.4. The Morgan fingerprint density at radius 1 is 0.234 bits per heavy atom. The number of nitrogens with zero attached hydrogens (tertiary/aromatic N) is 6. The number of rotatable bonds is 8. The minimum atomic E-state index is -0.0487. The lowest BCUT2D eigenvalue weighted by atomic mass is 9.80. The molecule has 0 amide bonds. The van der Waals surface area contributed by atoms with Crippen LogP contribution in [-0.4, -0.2) is 19.9 Å². The highest BCUT2D eigenvalue weighted by Crippen LogP contribution is 2.54. The molecule has 141 heavy (non-hydrogen) atoms. The second kappa shape index (κ2) is 32.2. The smallest absolute Gasteiger partial charge is 0.256 e. The molecule has 0 spiro atoms. The first-order valence-electron chi connectivity index (χ1n) is 49.4. The quantitative estimate of drug-likeness (QED) is 0.112. The van der Waals surface area contributed by atoms with Gasteiger partial charge in [0.25, 0.3) is 0 Å². The molecule has 19 aromatic carbocycles. The number of benzene rings is 19. The largest absolute Gasteiger partial charge is 0.335 e. The van der Waals surface area contributed by atoms with Crippen LogP contribution in [-0.2, 0) is 21.7 Å². The Balaban J connectivity index is 0.000000109. The van der Waals surface area contributed by atoms with Gasteiger partial charge in [-0.2, -0.15) is 8.80 Å². The molecule has 0 N–H and O–H groups in total. The Morgan fingerprint density at radius 2 is 0.645 bits per heavy atom. The number of hydrogen-bond donors (Lipinski definition) is 0. The molecule has 1 aliphatic carbocycles. The van der Waals surface area contributed by atoms with Crippen LogP contribution in [0.4, 0.5) is 0 Å². The molecule has 6 heteroatoms. The van der Waals surface area contributed by atoms with Crippen LogP contribution in [0.2, 0.25) is 0 Å². The molecule has 27 aromatic rings. The summed E-state index contributed by atoms with van der Waals surface area (Å²) >= 11 is 0. The zero-order chi connectivity index (χ0) is 95.2. The third kappa shape index (κ3) is 14.2. The molecule has 8 heterocycles. The van der Waals surface area contributed by atoms with E-state index >= 15 is 0 Å². The minimum absolute atomic E-state index is 0.0473. The molecule has 0 fully saturated rings. The molecule has 0 aliphatic heterocycles. The maximum atomic E-state index is 5.35. The maximum Gasteiger partial charge on any atom is 0.335 e. The van der Waals surface area contributed by atoms with Gasteiger partial charge < -0.3 is 0 Å². The molecular formula is C135H102N6+2. The van der Waals surface area contributed by atoms with Gasteiger partial charge in [0.2, 0.25) is 5.52 Å². The van der Waals surface area contributed by atoms with E-state index in [4.69, 9.17) is 15.0 Å². The van der Waals surface area contributed by atoms with Gasteiger partial charge in [-0.05, 0) is 345 Å². The van der Waals surface area contributed by atoms with Gasteiger partial charge in [0, 0.05) is 68.9 Å². The van der Waals surface area contributed by atoms with Gasteiger partial charge in [-0.25, -0.2) is 4.98 Å². The molecule has 0 saturated carbocycles. The average Bonchev–Trinajstić information content (AvgIpc) is 1.45. The van der Waals surface area contributed by atoms with E-state index in [1.54, 1.807) is 0 Å². The highest BCUT2D eigenvalue weighted by molar-refractivity contribution is 6.32. The first-order chi connectivity index (χ1) is 68.5. The van der Waals surface area contributed by atoms with Crippen molar-refractivity contribution in [2.24, 2.45) is 0 Å². The average molecular weight is 1810 g/mol. The summed E-state index contributed by atoms with van der Waals surface area (Å²) in [5.74, 6) is 0. The Morgan fingerprint density at radius 3 is 1.21 bits per heavy atom. The van der Waals surface area contributed by atoms with E-state index in [9.17, 15) is 0 Å². The van der Waals surface area contributed by atoms with Crippen molar-refractivity contribution in [1.29, 1.82) is 0 Å². The van der Waals surface area contributed by atoms with Gasteiger partial charge in [0.1, 0.15) is 17.9 Å². The molecule has 0 bridgehead atoms. The molecule has 0 radical (unpaired) electrons. The van der Waals surface area contributed by atoms with Gasteiger partial charge >= 0.3 is 5.65 Å². The van der Waals surface area contributed by atoms with Crippen molar-refractivity contribution in [2.45, 2.75) is 97.8 Å². The van der Waals surface area contributed by atoms with Gasteiger partial charge in [0.05, 0.1) is 27.6 Å². The standard InChI is InChI=1S/C47H35N.C44H31N4.C44H36N/c1-47(2,3)39-27-34-16-19-40-42(32-18-21-44-33(23-32)15-10-22-48-44)29-43(41-20-17-35(28-39)45(34)46(40)41)38-25-36(30-11-6-4-7-12-30)24-37(26-38)31-13-8-5-9-14-31;1-44(2,3)32-22-29-12-17-34-36(31-11-16-33-15-10-28-7-5-21-46-43(28)48(33)25-31)24-37(35-18-13-30(23-32)39(29)40(34)35)38-19-14-27-9-8-26-6-4-20-45-41(26)42(27)47-38;1-43(2,3)31-22-28-15-19-35-37(27-14-18-34-33-11-6-7-12-39(33)44(4,5)40(34)24-27)25-38(36-20-16-29(23-31)41(28)42(35)36)30-13-17-32-10-8-9-21-45(32)26-30/h4-29H,1-3H3;4-25H,1-3H3;6-26H,1-5H3/q;2*+1. The van der Waals surface area contributed by atoms with E-state index in [1.165, 1.54) is 214 Å². The van der Waals surface area contributed by atoms with Crippen LogP contribution in [0.25, 0.3) is 252 Å². The molecule has 670 valence electrons. The summed E-state index contributed by atoms with van der Waals surface area (Å²) in [6.07, 6.45) is 12.3. The predicted molar refractivity (Wildman–Crippen MR) is 595 cm³/mol. The lowest BCUT2D eigenvalue weighted by Crippen LogP contribution is -2.23. The number of aromatic nitrogens is 6. The van der Waals surface area contributed by atoms with E-state index in [0.717, 1.165) is 66.1 Å². The zero-order valence-corrected chi connectivity index (χ0v) is 81.0. The van der Waals surface area contributed by atoms with E-state index in [-0.39, 0.29) is 21.7 Å². The molecule has 6 nitrogen and oxygen atoms in total. The van der Waals surface area contributed by atoms with Crippen LogP contribution in [0.1, 0.15) is 104 Å². The van der Waals surface area contributed by atoms with Crippen molar-refractivity contribution >= 4 is 152 Å². The van der Waals surface area contributed by atoms with Crippen LogP contribution >= 0.6 is 0 Å². The monoisotopic (exact) mass is 1810 g/mol. The molecule has 8 aromatic heterocycles. The molecular weight excluding hydrogens is 1710 g/mol. The van der Waals surface area contributed by atoms with Crippen molar-refractivity contribution in [2.75, 3.05) is 0 Å². The highest BCUT2D eigenvalue weighted by atomic mass is 15.0. The molecule has 0 atom stereocenters. The Hall–Kier alpha value is -16.8. The van der Waals surface area contributed by atoms with Crippen LogP contribution in [0.5, 0.6) is 0 Å². The number of fused-ring (bicyclic) bond motifs is 11. The summed E-state index contributed by atoms with van der Waals surface area (Å²) < 4.78 is 4.45. The normalized spacial score (nSPS) is 12.8. The molecule has 1 aliphatic rings. The van der Waals surface area contributed by atoms with Crippen molar-refractivity contribution in [3.63, 3.8) is 0 Å². The third-order valence-electron chi connectivity index (χ3n) is 30.4. The zero-order valence-electron chi connectivity index (χ0n) is 81.0. The maximum absolute atomic E-state index is 5.35. The van der Waals surface area contributed by atoms with Crippen LogP contribution in [0.3, 0.4) is 0 Å². The van der Waals surface area contributed by atoms with Gasteiger partial charge in [0.15, 0.2) is 12.4 Å². The number of pyridine rings is 8. The van der Waals surface area contributed by atoms with Crippen LogP contribution in [0, 0.1) is 0 Å². The second-order valence-electron chi connectivity index (χ2n) is 42.6. The highest BCUT2D eigenvalue weighted by Gasteiger charge is 2.36. The van der Waals surface area contributed by atoms with E-state index in [0.29, 0.717) is 0 Å². The fraction of sp³-hybridized carbons (Fsp3) is 0.111. The first kappa shape index (κ1) is 84.7. The summed E-state index contributed by atoms with van der Waals surface area (Å²) in [5, 5.41) is 27.8. The molecule has 28 rings (SSSR count). The SMILES string of the molecule is CC(C)(C)c1cc2ccc3c(-c4cc(-c5ccccc5)cc(-c5ccccc5)c4)cc(-c4ccc5ncccc5c4)c4ccc(c1)c2c34.CC(C)(C)c1cc2ccc3c(-c4ccc5c(c4)C(C)(C)c4ccccc4-5)cc(-c4ccc5cccc[n+]5c4)c4ccc(c1)c2c34.CC(C)(C)c1cc2ccc3c(-c4ccc5ccc6cccnc6[n+]5c4)cc(-c4ccc5ccc6cccnc6c5n4)c4ccc(c1)c2c34. The van der Waals surface area contributed by atoms with Crippen molar-refractivity contribution in [3.8, 4) is 100 Å². The summed E-state index contributed by atoms with van der Waals surface area (Å²) in [6.45, 7) is 25.4. The topological polar surface area (TPSA) is 59.8 Å². The van der Waals surface area contributed by atoms with Crippen LogP contribution in [0.15, 0.2) is 419 Å². The first-order valence-corrected chi connectivity index (χ1v) is 49.4. The van der Waals surface area contributed by atoms with Gasteiger partial charge in [-0.3, -0.25) is 9.97 Å². The fourth-order valence-electron chi connectivity index (χ4n) is 23.0. The van der Waals surface area contributed by atoms with Crippen molar-refractivity contribution in [1.82, 2.24) is 19.9 Å². The summed E-state index contributed by atoms with van der Waals surface area (Å²) in [5.41, 5.74) is 35.0. The van der Waals surface area contributed by atoms with Crippen molar-refractivity contribution in [3.05, 3.63) is 447 Å². The van der Waals surface area contributed by atoms with E-state index < -0.39 is 0 Å². The van der Waals surface area contributed by atoms with Crippen LogP contribution < -0.4 is 8.80 Å². The lowest BCUT2D eigenvalue weighted by Gasteiger charge is -2.24. The summed E-state index contributed by atoms with van der Waals surface area (Å²) in [7, 11) is 0. The summed E-state index contributed by atoms with van der Waals surface area (Å²) in [4.78, 5) is 19.5. The van der Waals surface area contributed by atoms with E-state index in [1.807, 2.05) is 36.8 Å². The minimum Gasteiger partial charge on any atom is -0.256 e. The molecule has 0 saturated heterocycles. The number of hydrogen-bond acceptors (Lipinski definition) is 4. The Bertz CT molecular complexity index is 9550. The molecule has 0 unspecified atom stereocenters. The summed E-state index contributed by atoms with van der Waals surface area (Å²) in [6, 6.07) is 142. The fourth-order valence-corrected chi connectivity index (χ4v) is 23.0. The lowest BCUT2D eigenvalue weighted by molar-refractivity contribution is -0.511. The second-order valence-corrected chi connectivity index (χ2v) is 42.6. The Labute approximate surface area is 819 Å². The van der Waals surface area contributed by atoms with Gasteiger partial charge in [-0.15, -0.1) is 0 Å². The van der Waals surface area contributed by atoms with Gasteiger partial charge in [-0.1, -0.05) is 319 Å². The Kier molecular flexibility index (Phi) is 19.3. The van der Waals surface area contributed by atoms with E-state index in [2.05, 4.69) is 473 Å².